The molecule has 0 saturated heterocycles. The van der Waals surface area contributed by atoms with Crippen molar-refractivity contribution in [2.24, 2.45) is 0 Å². The second kappa shape index (κ2) is 17.6. The van der Waals surface area contributed by atoms with Gasteiger partial charge in [-0.05, 0) is 82.4 Å². The third kappa shape index (κ3) is 9.56. The second-order valence-electron chi connectivity index (χ2n) is 11.8. The van der Waals surface area contributed by atoms with Crippen LogP contribution in [0.3, 0.4) is 0 Å². The number of carbonyl (C=O) groups is 2. The van der Waals surface area contributed by atoms with Crippen molar-refractivity contribution in [1.29, 1.82) is 0 Å². The van der Waals surface area contributed by atoms with Gasteiger partial charge in [0.05, 0.1) is 9.85 Å². The molecular weight excluding hydrogens is 761 g/mol. The largest absolute Gasteiger partial charge is 0.483 e. The molecule has 6 aromatic carbocycles. The van der Waals surface area contributed by atoms with E-state index in [1.807, 2.05) is 60.7 Å². The Morgan fingerprint density at radius 3 is 1.27 bits per heavy atom. The van der Waals surface area contributed by atoms with Crippen LogP contribution < -0.4 is 41.8 Å². The molecule has 0 unspecified atom stereocenters. The lowest BCUT2D eigenvalue weighted by atomic mass is 9.92. The first-order chi connectivity index (χ1) is 27.0. The van der Waals surface area contributed by atoms with E-state index >= 15 is 0 Å². The van der Waals surface area contributed by atoms with Crippen LogP contribution in [0.1, 0.15) is 0 Å². The van der Waals surface area contributed by atoms with Gasteiger partial charge in [-0.15, -0.1) is 0 Å². The number of anilines is 2. The maximum absolute atomic E-state index is 12.9. The Labute approximate surface area is 328 Å². The highest BCUT2D eigenvalue weighted by atomic mass is 32.1. The van der Waals surface area contributed by atoms with Gasteiger partial charge in [0.2, 0.25) is 0 Å². The van der Waals surface area contributed by atoms with Crippen molar-refractivity contribution in [2.45, 2.75) is 0 Å². The Hall–Kier alpha value is -7.44. The molecule has 0 atom stereocenters. The topological polar surface area (TPSA) is 211 Å². The average Bonchev–Trinajstić information content (AvgIpc) is 3.20. The molecule has 0 saturated carbocycles. The summed E-state index contributed by atoms with van der Waals surface area (Å²) in [6.45, 7) is -0.831. The lowest BCUT2D eigenvalue weighted by molar-refractivity contribution is -0.385. The Balaban J connectivity index is 1.16. The molecular formula is C38H30N8O8S2. The maximum atomic E-state index is 12.9. The average molecular weight is 791 g/mol. The van der Waals surface area contributed by atoms with Gasteiger partial charge in [-0.1, -0.05) is 60.7 Å². The van der Waals surface area contributed by atoms with Crippen LogP contribution in [-0.4, -0.2) is 45.1 Å². The molecule has 16 nitrogen and oxygen atoms in total. The van der Waals surface area contributed by atoms with Crippen LogP contribution in [0.2, 0.25) is 0 Å². The highest BCUT2D eigenvalue weighted by Crippen LogP contribution is 2.45. The SMILES string of the molecule is O=C(COc1ccc2ccccc2c1-c1c(OCC(=O)NNC(=S)Nc2ccc([N+](=O)[O-])cc2)ccc2ccccc12)NNC(=S)Nc1ccc([N+](=O)[O-])cc1. The van der Waals surface area contributed by atoms with E-state index in [0.717, 1.165) is 21.5 Å². The van der Waals surface area contributed by atoms with Crippen LogP contribution in [0, 0.1) is 20.2 Å². The molecule has 18 heteroatoms. The van der Waals surface area contributed by atoms with Gasteiger partial charge in [0.15, 0.2) is 23.4 Å². The molecule has 0 fully saturated rings. The predicted octanol–water partition coefficient (Wildman–Crippen LogP) is 6.27. The summed E-state index contributed by atoms with van der Waals surface area (Å²) in [5.74, 6) is -0.395. The lowest BCUT2D eigenvalue weighted by Crippen LogP contribution is -2.45. The molecule has 6 N–H and O–H groups in total. The van der Waals surface area contributed by atoms with Gasteiger partial charge in [0, 0.05) is 46.8 Å². The molecule has 2 amide bonds. The summed E-state index contributed by atoms with van der Waals surface area (Å²) in [5, 5.41) is 30.9. The molecule has 0 aromatic heterocycles. The Morgan fingerprint density at radius 1 is 0.518 bits per heavy atom. The number of fused-ring (bicyclic) bond motifs is 2. The smallest absolute Gasteiger partial charge is 0.276 e. The molecule has 0 aliphatic rings. The molecule has 0 aliphatic carbocycles. The van der Waals surface area contributed by atoms with E-state index in [4.69, 9.17) is 33.9 Å². The summed E-state index contributed by atoms with van der Waals surface area (Å²) in [7, 11) is 0. The first-order valence-corrected chi connectivity index (χ1v) is 17.4. The lowest BCUT2D eigenvalue weighted by Gasteiger charge is -2.20. The molecule has 0 heterocycles. The van der Waals surface area contributed by atoms with Crippen LogP contribution in [0.5, 0.6) is 11.5 Å². The maximum Gasteiger partial charge on any atom is 0.276 e. The fourth-order valence-electron chi connectivity index (χ4n) is 5.53. The van der Waals surface area contributed by atoms with Gasteiger partial charge in [0.25, 0.3) is 23.2 Å². The van der Waals surface area contributed by atoms with Crippen molar-refractivity contribution < 1.29 is 28.9 Å². The van der Waals surface area contributed by atoms with Gasteiger partial charge in [-0.2, -0.15) is 0 Å². The van der Waals surface area contributed by atoms with E-state index < -0.39 is 34.9 Å². The van der Waals surface area contributed by atoms with E-state index in [9.17, 15) is 29.8 Å². The normalized spacial score (nSPS) is 10.5. The highest BCUT2D eigenvalue weighted by Gasteiger charge is 2.21. The monoisotopic (exact) mass is 790 g/mol. The second-order valence-corrected chi connectivity index (χ2v) is 12.6. The Kier molecular flexibility index (Phi) is 12.0. The molecule has 6 rings (SSSR count). The van der Waals surface area contributed by atoms with Crippen LogP contribution in [0.4, 0.5) is 22.7 Å². The minimum Gasteiger partial charge on any atom is -0.483 e. The minimum absolute atomic E-state index is 0.0398. The quantitative estimate of drug-likeness (QED) is 0.0486. The highest BCUT2D eigenvalue weighted by molar-refractivity contribution is 7.80. The van der Waals surface area contributed by atoms with Crippen LogP contribution in [0.25, 0.3) is 32.7 Å². The molecule has 0 bridgehead atoms. The molecule has 0 aliphatic heterocycles. The number of hydrogen-bond acceptors (Lipinski definition) is 10. The molecule has 282 valence electrons. The number of benzene rings is 6. The molecule has 56 heavy (non-hydrogen) atoms. The fraction of sp³-hybridized carbons (Fsp3) is 0.0526. The number of hydrogen-bond donors (Lipinski definition) is 6. The first-order valence-electron chi connectivity index (χ1n) is 16.6. The number of nitro groups is 2. The third-order valence-corrected chi connectivity index (χ3v) is 8.46. The summed E-state index contributed by atoms with van der Waals surface area (Å²) in [6.07, 6.45) is 0. The van der Waals surface area contributed by atoms with Crippen LogP contribution >= 0.6 is 24.4 Å². The zero-order valence-electron chi connectivity index (χ0n) is 28.9. The third-order valence-electron chi connectivity index (χ3n) is 8.05. The van der Waals surface area contributed by atoms with Crippen molar-refractivity contribution in [2.75, 3.05) is 23.8 Å². The van der Waals surface area contributed by atoms with E-state index in [1.165, 1.54) is 48.5 Å². The van der Waals surface area contributed by atoms with E-state index in [2.05, 4.69) is 32.3 Å². The number of hydrazine groups is 2. The van der Waals surface area contributed by atoms with E-state index in [0.29, 0.717) is 34.0 Å². The molecule has 6 aromatic rings. The van der Waals surface area contributed by atoms with Crippen LogP contribution in [0.15, 0.2) is 121 Å². The van der Waals surface area contributed by atoms with Crippen molar-refractivity contribution in [3.05, 3.63) is 142 Å². The number of carbonyl (C=O) groups excluding carboxylic acids is 2. The zero-order valence-corrected chi connectivity index (χ0v) is 30.6. The number of amides is 2. The summed E-state index contributed by atoms with van der Waals surface area (Å²) in [4.78, 5) is 46.7. The zero-order chi connectivity index (χ0) is 39.6. The van der Waals surface area contributed by atoms with Crippen molar-refractivity contribution in [3.8, 4) is 22.6 Å². The number of nitrogens with one attached hydrogen (secondary N) is 6. The number of rotatable bonds is 11. The fourth-order valence-corrected chi connectivity index (χ4v) is 5.87. The Morgan fingerprint density at radius 2 is 0.893 bits per heavy atom. The van der Waals surface area contributed by atoms with Crippen molar-refractivity contribution >= 4 is 90.8 Å². The van der Waals surface area contributed by atoms with Crippen molar-refractivity contribution in [1.82, 2.24) is 21.7 Å². The molecule has 0 radical (unpaired) electrons. The van der Waals surface area contributed by atoms with Gasteiger partial charge < -0.3 is 20.1 Å². The summed E-state index contributed by atoms with van der Waals surface area (Å²) >= 11 is 10.5. The summed E-state index contributed by atoms with van der Waals surface area (Å²) < 4.78 is 12.3. The van der Waals surface area contributed by atoms with E-state index in [-0.39, 0.29) is 21.6 Å². The van der Waals surface area contributed by atoms with E-state index in [1.54, 1.807) is 12.1 Å². The number of nitrogens with zero attached hydrogens (tertiary/aromatic N) is 2. The first kappa shape index (κ1) is 38.3. The van der Waals surface area contributed by atoms with Gasteiger partial charge in [-0.3, -0.25) is 51.5 Å². The minimum atomic E-state index is -0.559. The summed E-state index contributed by atoms with van der Waals surface area (Å²) in [6, 6.07) is 33.7. The van der Waals surface area contributed by atoms with Crippen LogP contribution in [-0.2, 0) is 9.59 Å². The molecule has 0 spiro atoms. The van der Waals surface area contributed by atoms with Crippen molar-refractivity contribution in [3.63, 3.8) is 0 Å². The van der Waals surface area contributed by atoms with Gasteiger partial charge >= 0.3 is 0 Å². The number of ether oxygens (including phenoxy) is 2. The number of thiocarbonyl (C=S) groups is 2. The predicted molar refractivity (Wildman–Crippen MR) is 219 cm³/mol. The standard InChI is InChI=1S/C38H30N8O8S2/c47-33(41-43-37(55)39-25-11-15-27(16-12-25)45(49)50)21-53-31-19-9-23-5-1-3-7-29(23)35(31)36-30-8-4-2-6-24(30)10-20-32(36)54-22-34(48)42-44-38(56)40-26-13-17-28(18-14-26)46(51)52/h1-20H,21-22H2,(H,41,47)(H,42,48)(H2,39,43,55)(H2,40,44,56). The van der Waals surface area contributed by atoms with Gasteiger partial charge in [-0.25, -0.2) is 0 Å². The van der Waals surface area contributed by atoms with Gasteiger partial charge in [0.1, 0.15) is 11.5 Å². The number of nitro benzene ring substituents is 2. The Bertz CT molecular complexity index is 2310. The number of non-ortho nitro benzene ring substituents is 2. The summed E-state index contributed by atoms with van der Waals surface area (Å²) in [5.41, 5.74) is 12.2.